The van der Waals surface area contributed by atoms with Gasteiger partial charge < -0.3 is 11.1 Å². The monoisotopic (exact) mass is 244 g/mol. The van der Waals surface area contributed by atoms with Crippen molar-refractivity contribution in [2.75, 3.05) is 17.6 Å². The lowest BCUT2D eigenvalue weighted by Crippen LogP contribution is -2.06. The standard InChI is InChI=1S/C14H20N4/c15-10-13-12(16)7-8-14(18-13)17-9-3-6-11-4-1-2-5-11/h7-8,11H,1-6,9,16H2,(H,17,18). The number of pyridine rings is 1. The Morgan fingerprint density at radius 1 is 1.39 bits per heavy atom. The molecule has 3 N–H and O–H groups in total. The van der Waals surface area contributed by atoms with Crippen LogP contribution in [0.1, 0.15) is 44.2 Å². The van der Waals surface area contributed by atoms with Gasteiger partial charge in [-0.1, -0.05) is 25.7 Å². The van der Waals surface area contributed by atoms with Gasteiger partial charge in [-0.05, 0) is 30.9 Å². The molecule has 1 heterocycles. The molecule has 18 heavy (non-hydrogen) atoms. The second-order valence-corrected chi connectivity index (χ2v) is 4.97. The van der Waals surface area contributed by atoms with Crippen molar-refractivity contribution in [2.24, 2.45) is 5.92 Å². The van der Waals surface area contributed by atoms with Gasteiger partial charge in [0.25, 0.3) is 0 Å². The van der Waals surface area contributed by atoms with Crippen molar-refractivity contribution in [3.8, 4) is 6.07 Å². The zero-order chi connectivity index (χ0) is 12.8. The number of hydrogen-bond donors (Lipinski definition) is 2. The molecule has 4 nitrogen and oxygen atoms in total. The molecule has 1 aromatic heterocycles. The Labute approximate surface area is 108 Å². The summed E-state index contributed by atoms with van der Waals surface area (Å²) in [4.78, 5) is 4.16. The van der Waals surface area contributed by atoms with Gasteiger partial charge in [0, 0.05) is 6.54 Å². The quantitative estimate of drug-likeness (QED) is 0.781. The number of nitriles is 1. The number of aromatic nitrogens is 1. The van der Waals surface area contributed by atoms with Crippen LogP contribution in [0, 0.1) is 17.2 Å². The Bertz CT molecular complexity index is 430. The van der Waals surface area contributed by atoms with Gasteiger partial charge in [-0.15, -0.1) is 0 Å². The summed E-state index contributed by atoms with van der Waals surface area (Å²) in [5.74, 6) is 1.67. The first-order valence-corrected chi connectivity index (χ1v) is 6.70. The van der Waals surface area contributed by atoms with Gasteiger partial charge in [-0.3, -0.25) is 0 Å². The highest BCUT2D eigenvalue weighted by Crippen LogP contribution is 2.28. The predicted octanol–water partition coefficient (Wildman–Crippen LogP) is 2.92. The molecule has 0 radical (unpaired) electrons. The Hall–Kier alpha value is -1.76. The van der Waals surface area contributed by atoms with E-state index in [2.05, 4.69) is 10.3 Å². The van der Waals surface area contributed by atoms with Gasteiger partial charge in [0.2, 0.25) is 0 Å². The molecule has 0 spiro atoms. The fourth-order valence-electron chi connectivity index (χ4n) is 2.56. The summed E-state index contributed by atoms with van der Waals surface area (Å²) in [6.07, 6.45) is 8.08. The van der Waals surface area contributed by atoms with E-state index >= 15 is 0 Å². The lowest BCUT2D eigenvalue weighted by molar-refractivity contribution is 0.491. The van der Waals surface area contributed by atoms with Gasteiger partial charge in [-0.25, -0.2) is 4.98 Å². The van der Waals surface area contributed by atoms with E-state index < -0.39 is 0 Å². The second kappa shape index (κ2) is 6.25. The van der Waals surface area contributed by atoms with E-state index in [1.807, 2.05) is 12.1 Å². The van der Waals surface area contributed by atoms with Crippen molar-refractivity contribution in [3.05, 3.63) is 17.8 Å². The fourth-order valence-corrected chi connectivity index (χ4v) is 2.56. The summed E-state index contributed by atoms with van der Waals surface area (Å²) in [6, 6.07) is 5.55. The Morgan fingerprint density at radius 2 is 2.17 bits per heavy atom. The van der Waals surface area contributed by atoms with Crippen LogP contribution in [-0.2, 0) is 0 Å². The van der Waals surface area contributed by atoms with E-state index in [0.29, 0.717) is 11.4 Å². The lowest BCUT2D eigenvalue weighted by atomic mass is 10.0. The molecule has 0 saturated heterocycles. The van der Waals surface area contributed by atoms with Crippen LogP contribution in [0.3, 0.4) is 0 Å². The van der Waals surface area contributed by atoms with E-state index in [0.717, 1.165) is 18.3 Å². The minimum atomic E-state index is 0.302. The number of nitrogens with zero attached hydrogens (tertiary/aromatic N) is 2. The van der Waals surface area contributed by atoms with Crippen molar-refractivity contribution in [1.82, 2.24) is 4.98 Å². The smallest absolute Gasteiger partial charge is 0.165 e. The largest absolute Gasteiger partial charge is 0.396 e. The predicted molar refractivity (Wildman–Crippen MR) is 73.0 cm³/mol. The molecule has 4 heteroatoms. The Balaban J connectivity index is 1.74. The molecule has 0 atom stereocenters. The molecule has 0 unspecified atom stereocenters. The van der Waals surface area contributed by atoms with Crippen LogP contribution in [0.4, 0.5) is 11.5 Å². The van der Waals surface area contributed by atoms with Crippen LogP contribution in [0.5, 0.6) is 0 Å². The first-order valence-electron chi connectivity index (χ1n) is 6.70. The van der Waals surface area contributed by atoms with E-state index in [-0.39, 0.29) is 0 Å². The van der Waals surface area contributed by atoms with Crippen molar-refractivity contribution in [3.63, 3.8) is 0 Å². The van der Waals surface area contributed by atoms with Crippen LogP contribution in [-0.4, -0.2) is 11.5 Å². The number of nitrogens with one attached hydrogen (secondary N) is 1. The molecule has 0 bridgehead atoms. The van der Waals surface area contributed by atoms with Crippen molar-refractivity contribution in [1.29, 1.82) is 5.26 Å². The Kier molecular flexibility index (Phi) is 4.40. The normalized spacial score (nSPS) is 15.5. The number of rotatable bonds is 5. The van der Waals surface area contributed by atoms with E-state index in [4.69, 9.17) is 11.0 Å². The summed E-state index contributed by atoms with van der Waals surface area (Å²) in [5, 5.41) is 12.1. The molecular formula is C14H20N4. The van der Waals surface area contributed by atoms with Crippen molar-refractivity contribution >= 4 is 11.5 Å². The maximum atomic E-state index is 8.84. The van der Waals surface area contributed by atoms with E-state index in [1.54, 1.807) is 6.07 Å². The van der Waals surface area contributed by atoms with Crippen LogP contribution in [0.2, 0.25) is 0 Å². The summed E-state index contributed by atoms with van der Waals surface area (Å²) in [5.41, 5.74) is 6.37. The number of anilines is 2. The van der Waals surface area contributed by atoms with Gasteiger partial charge >= 0.3 is 0 Å². The third-order valence-corrected chi connectivity index (χ3v) is 3.60. The van der Waals surface area contributed by atoms with Crippen LogP contribution in [0.25, 0.3) is 0 Å². The third kappa shape index (κ3) is 3.36. The Morgan fingerprint density at radius 3 is 2.89 bits per heavy atom. The second-order valence-electron chi connectivity index (χ2n) is 4.97. The highest BCUT2D eigenvalue weighted by molar-refractivity contribution is 5.54. The van der Waals surface area contributed by atoms with Gasteiger partial charge in [0.15, 0.2) is 5.69 Å². The molecule has 1 aromatic rings. The molecule has 1 fully saturated rings. The molecular weight excluding hydrogens is 224 g/mol. The highest BCUT2D eigenvalue weighted by Gasteiger charge is 2.13. The van der Waals surface area contributed by atoms with E-state index in [1.165, 1.54) is 38.5 Å². The van der Waals surface area contributed by atoms with Crippen molar-refractivity contribution in [2.45, 2.75) is 38.5 Å². The number of nitrogen functional groups attached to an aromatic ring is 1. The molecule has 1 saturated carbocycles. The van der Waals surface area contributed by atoms with Crippen molar-refractivity contribution < 1.29 is 0 Å². The third-order valence-electron chi connectivity index (χ3n) is 3.60. The SMILES string of the molecule is N#Cc1nc(NCCCC2CCCC2)ccc1N. The van der Waals surface area contributed by atoms with Gasteiger partial charge in [-0.2, -0.15) is 5.26 Å². The first kappa shape index (κ1) is 12.7. The lowest BCUT2D eigenvalue weighted by Gasteiger charge is -2.10. The van der Waals surface area contributed by atoms with Crippen LogP contribution in [0.15, 0.2) is 12.1 Å². The van der Waals surface area contributed by atoms with Crippen LogP contribution >= 0.6 is 0 Å². The summed E-state index contributed by atoms with van der Waals surface area (Å²) >= 11 is 0. The van der Waals surface area contributed by atoms with E-state index in [9.17, 15) is 0 Å². The highest BCUT2D eigenvalue weighted by atomic mass is 15.0. The zero-order valence-corrected chi connectivity index (χ0v) is 10.7. The minimum absolute atomic E-state index is 0.302. The molecule has 1 aliphatic rings. The summed E-state index contributed by atoms with van der Waals surface area (Å²) in [7, 11) is 0. The number of hydrogen-bond acceptors (Lipinski definition) is 4. The minimum Gasteiger partial charge on any atom is -0.396 e. The van der Waals surface area contributed by atoms with Gasteiger partial charge in [0.1, 0.15) is 11.9 Å². The molecule has 1 aliphatic carbocycles. The van der Waals surface area contributed by atoms with Crippen LogP contribution < -0.4 is 11.1 Å². The first-order chi connectivity index (χ1) is 8.79. The molecule has 2 rings (SSSR count). The maximum absolute atomic E-state index is 8.84. The average Bonchev–Trinajstić information content (AvgIpc) is 2.89. The average molecular weight is 244 g/mol. The molecule has 0 aromatic carbocycles. The fraction of sp³-hybridized carbons (Fsp3) is 0.571. The molecule has 0 aliphatic heterocycles. The maximum Gasteiger partial charge on any atom is 0.165 e. The van der Waals surface area contributed by atoms with Gasteiger partial charge in [0.05, 0.1) is 5.69 Å². The topological polar surface area (TPSA) is 74.7 Å². The summed E-state index contributed by atoms with van der Waals surface area (Å²) < 4.78 is 0. The molecule has 96 valence electrons. The summed E-state index contributed by atoms with van der Waals surface area (Å²) in [6.45, 7) is 0.915. The number of nitrogens with two attached hydrogens (primary N) is 1. The molecule has 0 amide bonds. The zero-order valence-electron chi connectivity index (χ0n) is 10.7.